The topological polar surface area (TPSA) is 80.2 Å². The summed E-state index contributed by atoms with van der Waals surface area (Å²) in [5, 5.41) is 6.05. The number of carbonyl (C=O) groups is 2. The van der Waals surface area contributed by atoms with Crippen LogP contribution in [0.3, 0.4) is 0 Å². The van der Waals surface area contributed by atoms with Gasteiger partial charge >= 0.3 is 24.2 Å². The summed E-state index contributed by atoms with van der Waals surface area (Å²) in [6, 6.07) is 7.07. The van der Waals surface area contributed by atoms with Gasteiger partial charge in [-0.15, -0.1) is 0 Å². The number of anilines is 1. The van der Waals surface area contributed by atoms with E-state index in [1.807, 2.05) is 0 Å². The van der Waals surface area contributed by atoms with Gasteiger partial charge in [0.05, 0.1) is 11.8 Å². The summed E-state index contributed by atoms with van der Waals surface area (Å²) in [6.07, 6.45) is -10.3. The first-order valence-corrected chi connectivity index (χ1v) is 9.78. The molecule has 0 saturated carbocycles. The lowest BCUT2D eigenvalue weighted by atomic mass is 9.92. The second-order valence-electron chi connectivity index (χ2n) is 7.64. The van der Waals surface area contributed by atoms with E-state index in [0.29, 0.717) is 27.4 Å². The summed E-state index contributed by atoms with van der Waals surface area (Å²) in [4.78, 5) is 33.2. The average molecular weight is 487 g/mol. The van der Waals surface area contributed by atoms with Crippen LogP contribution in [0.5, 0.6) is 5.75 Å². The summed E-state index contributed by atoms with van der Waals surface area (Å²) >= 11 is 0. The molecule has 1 N–H and O–H groups in total. The standard InChI is InChI=1S/C21H15F6N3O4/c1-10-6-12-8-16-13(9-33-34-16)7-15(12)17(29-30(10)19(32)21(25,26)27)11-2-4-14(5-3-11)28-18(31)20(22,23)24/h2-5,7-8,10H,6,9H2,1H3,(H,28,31). The smallest absolute Gasteiger partial charge is 0.337 e. The summed E-state index contributed by atoms with van der Waals surface area (Å²) in [5.41, 5.74) is 1.55. The Balaban J connectivity index is 1.79. The highest BCUT2D eigenvalue weighted by molar-refractivity contribution is 6.14. The minimum atomic E-state index is -5.18. The Bertz CT molecular complexity index is 1170. The molecule has 1 atom stereocenters. The number of alkyl halides is 6. The van der Waals surface area contributed by atoms with Crippen LogP contribution in [-0.2, 0) is 27.5 Å². The van der Waals surface area contributed by atoms with Crippen molar-refractivity contribution in [2.24, 2.45) is 5.10 Å². The SMILES string of the molecule is CC1Cc2cc3c(cc2C(c2ccc(NC(=O)C(F)(F)F)cc2)=NN1C(=O)C(F)(F)F)COO3. The second-order valence-corrected chi connectivity index (χ2v) is 7.64. The summed E-state index contributed by atoms with van der Waals surface area (Å²) in [7, 11) is 0. The number of amides is 2. The maximum absolute atomic E-state index is 13.2. The van der Waals surface area contributed by atoms with Crippen LogP contribution in [0.25, 0.3) is 0 Å². The minimum absolute atomic E-state index is 0.0136. The number of nitrogens with one attached hydrogen (secondary N) is 1. The van der Waals surface area contributed by atoms with E-state index in [4.69, 9.17) is 9.78 Å². The third kappa shape index (κ3) is 4.55. The van der Waals surface area contributed by atoms with E-state index in [-0.39, 0.29) is 30.0 Å². The highest BCUT2D eigenvalue weighted by atomic mass is 19.4. The van der Waals surface area contributed by atoms with Crippen molar-refractivity contribution >= 4 is 23.2 Å². The molecule has 4 rings (SSSR count). The van der Waals surface area contributed by atoms with E-state index in [1.54, 1.807) is 17.4 Å². The highest BCUT2D eigenvalue weighted by Gasteiger charge is 2.45. The lowest BCUT2D eigenvalue weighted by molar-refractivity contribution is -0.194. The largest absolute Gasteiger partial charge is 0.473 e. The van der Waals surface area contributed by atoms with Crippen molar-refractivity contribution in [3.8, 4) is 5.75 Å². The highest BCUT2D eigenvalue weighted by Crippen LogP contribution is 2.34. The molecular formula is C21H15F6N3O4. The molecule has 0 saturated heterocycles. The van der Waals surface area contributed by atoms with Crippen LogP contribution >= 0.6 is 0 Å². The van der Waals surface area contributed by atoms with Crippen LogP contribution in [0.1, 0.15) is 29.2 Å². The molecule has 0 spiro atoms. The molecule has 2 aromatic rings. The summed E-state index contributed by atoms with van der Waals surface area (Å²) in [5.74, 6) is -3.96. The molecule has 180 valence electrons. The molecule has 2 aliphatic rings. The van der Waals surface area contributed by atoms with Crippen LogP contribution in [0.4, 0.5) is 32.0 Å². The number of hydrogen-bond donors (Lipinski definition) is 1. The third-order valence-electron chi connectivity index (χ3n) is 5.17. The van der Waals surface area contributed by atoms with Gasteiger partial charge in [-0.1, -0.05) is 12.1 Å². The Labute approximate surface area is 187 Å². The number of hydrazone groups is 1. The van der Waals surface area contributed by atoms with Gasteiger partial charge in [0.2, 0.25) is 0 Å². The summed E-state index contributed by atoms with van der Waals surface area (Å²) in [6.45, 7) is 1.49. The molecule has 2 heterocycles. The second kappa shape index (κ2) is 8.31. The van der Waals surface area contributed by atoms with Gasteiger partial charge in [-0.2, -0.15) is 36.3 Å². The van der Waals surface area contributed by atoms with Crippen molar-refractivity contribution in [3.05, 3.63) is 58.7 Å². The molecule has 0 radical (unpaired) electrons. The Hall–Kier alpha value is -3.61. The maximum atomic E-state index is 13.2. The van der Waals surface area contributed by atoms with Crippen LogP contribution < -0.4 is 10.2 Å². The van der Waals surface area contributed by atoms with Gasteiger partial charge in [-0.25, -0.2) is 5.01 Å². The Morgan fingerprint density at radius 3 is 2.32 bits per heavy atom. The lowest BCUT2D eigenvalue weighted by Crippen LogP contribution is -2.43. The lowest BCUT2D eigenvalue weighted by Gasteiger charge is -2.24. The van der Waals surface area contributed by atoms with Crippen molar-refractivity contribution in [2.75, 3.05) is 5.32 Å². The molecule has 2 aliphatic heterocycles. The van der Waals surface area contributed by atoms with Crippen molar-refractivity contribution in [3.63, 3.8) is 0 Å². The molecule has 0 fully saturated rings. The fourth-order valence-corrected chi connectivity index (χ4v) is 3.57. The van der Waals surface area contributed by atoms with E-state index < -0.39 is 30.2 Å². The normalized spacial score (nSPS) is 17.8. The van der Waals surface area contributed by atoms with E-state index in [9.17, 15) is 35.9 Å². The van der Waals surface area contributed by atoms with Gasteiger partial charge < -0.3 is 10.2 Å². The first-order valence-electron chi connectivity index (χ1n) is 9.78. The van der Waals surface area contributed by atoms with Crippen molar-refractivity contribution in [1.29, 1.82) is 0 Å². The van der Waals surface area contributed by atoms with E-state index in [0.717, 1.165) is 12.1 Å². The van der Waals surface area contributed by atoms with Crippen LogP contribution in [0, 0.1) is 0 Å². The van der Waals surface area contributed by atoms with Crippen LogP contribution in [-0.4, -0.2) is 40.9 Å². The van der Waals surface area contributed by atoms with Gasteiger partial charge in [0, 0.05) is 22.4 Å². The van der Waals surface area contributed by atoms with Crippen LogP contribution in [0.15, 0.2) is 41.5 Å². The van der Waals surface area contributed by atoms with Gasteiger partial charge in [0.15, 0.2) is 5.75 Å². The van der Waals surface area contributed by atoms with Gasteiger partial charge in [0.25, 0.3) is 0 Å². The number of carbonyl (C=O) groups excluding carboxylic acids is 2. The van der Waals surface area contributed by atoms with Crippen molar-refractivity contribution in [1.82, 2.24) is 5.01 Å². The van der Waals surface area contributed by atoms with E-state index in [1.165, 1.54) is 19.1 Å². The quantitative estimate of drug-likeness (QED) is 0.511. The number of halogens is 6. The van der Waals surface area contributed by atoms with E-state index >= 15 is 0 Å². The number of hydrogen-bond acceptors (Lipinski definition) is 5. The molecule has 0 aliphatic carbocycles. The predicted octanol–water partition coefficient (Wildman–Crippen LogP) is 4.10. The first kappa shape index (κ1) is 23.5. The average Bonchev–Trinajstić information content (AvgIpc) is 3.15. The summed E-state index contributed by atoms with van der Waals surface area (Å²) < 4.78 is 77.2. The first-order chi connectivity index (χ1) is 15.8. The molecule has 13 heteroatoms. The molecule has 0 bridgehead atoms. The third-order valence-corrected chi connectivity index (χ3v) is 5.17. The Morgan fingerprint density at radius 1 is 1.03 bits per heavy atom. The minimum Gasteiger partial charge on any atom is -0.337 e. The number of rotatable bonds is 2. The molecule has 7 nitrogen and oxygen atoms in total. The number of benzene rings is 2. The zero-order chi connectivity index (χ0) is 24.8. The van der Waals surface area contributed by atoms with Crippen LogP contribution in [0.2, 0.25) is 0 Å². The Morgan fingerprint density at radius 2 is 1.71 bits per heavy atom. The molecule has 2 aromatic carbocycles. The fraction of sp³-hybridized carbons (Fsp3) is 0.286. The fourth-order valence-electron chi connectivity index (χ4n) is 3.57. The predicted molar refractivity (Wildman–Crippen MR) is 105 cm³/mol. The van der Waals surface area contributed by atoms with Gasteiger partial charge in [-0.3, -0.25) is 9.59 Å². The molecule has 0 aromatic heterocycles. The monoisotopic (exact) mass is 487 g/mol. The van der Waals surface area contributed by atoms with Gasteiger partial charge in [-0.05, 0) is 43.2 Å². The van der Waals surface area contributed by atoms with Crippen molar-refractivity contribution in [2.45, 2.75) is 38.3 Å². The molecule has 2 amide bonds. The van der Waals surface area contributed by atoms with E-state index in [2.05, 4.69) is 5.10 Å². The molecule has 1 unspecified atom stereocenters. The zero-order valence-electron chi connectivity index (χ0n) is 17.3. The Kier molecular flexibility index (Phi) is 5.75. The maximum Gasteiger partial charge on any atom is 0.473 e. The number of nitrogens with zero attached hydrogens (tertiary/aromatic N) is 2. The molecule has 34 heavy (non-hydrogen) atoms. The van der Waals surface area contributed by atoms with Gasteiger partial charge in [0.1, 0.15) is 6.61 Å². The zero-order valence-corrected chi connectivity index (χ0v) is 17.3. The van der Waals surface area contributed by atoms with Crippen molar-refractivity contribution < 1.29 is 45.7 Å². The molecular weight excluding hydrogens is 472 g/mol. The number of fused-ring (bicyclic) bond motifs is 2.